The first-order valence-electron chi connectivity index (χ1n) is 6.37. The second kappa shape index (κ2) is 8.64. The third-order valence-corrected chi connectivity index (χ3v) is 3.03. The maximum Gasteiger partial charge on any atom is 0.187 e. The van der Waals surface area contributed by atoms with Crippen molar-refractivity contribution in [2.45, 2.75) is 33.2 Å². The second-order valence-electron chi connectivity index (χ2n) is 4.13. The summed E-state index contributed by atoms with van der Waals surface area (Å²) in [7, 11) is 0. The summed E-state index contributed by atoms with van der Waals surface area (Å²) in [5.74, 6) is 0.523. The summed E-state index contributed by atoms with van der Waals surface area (Å²) in [6.45, 7) is 5.03. The van der Waals surface area contributed by atoms with Crippen molar-refractivity contribution in [3.8, 4) is 0 Å². The van der Waals surface area contributed by atoms with Gasteiger partial charge in [-0.3, -0.25) is 5.43 Å². The van der Waals surface area contributed by atoms with E-state index in [-0.39, 0.29) is 0 Å². The van der Waals surface area contributed by atoms with Crippen LogP contribution in [-0.4, -0.2) is 11.3 Å². The fourth-order valence-corrected chi connectivity index (χ4v) is 1.64. The molecule has 0 radical (unpaired) electrons. The molecular weight excluding hydrogens is 242 g/mol. The zero-order chi connectivity index (χ0) is 13.2. The second-order valence-corrected chi connectivity index (χ2v) is 4.54. The topological polar surface area (TPSA) is 36.4 Å². The van der Waals surface area contributed by atoms with Crippen LogP contribution in [0.5, 0.6) is 0 Å². The van der Waals surface area contributed by atoms with Crippen LogP contribution in [0.3, 0.4) is 0 Å². The molecule has 1 rings (SSSR count). The number of hydrazone groups is 1. The van der Waals surface area contributed by atoms with E-state index in [2.05, 4.69) is 41.8 Å². The fraction of sp³-hybridized carbons (Fsp3) is 0.429. The minimum atomic E-state index is 0.523. The molecule has 98 valence electrons. The lowest BCUT2D eigenvalue weighted by Gasteiger charge is -2.08. The number of benzene rings is 1. The summed E-state index contributed by atoms with van der Waals surface area (Å²) in [6.07, 6.45) is 4.13. The average Bonchev–Trinajstić information content (AvgIpc) is 2.42. The lowest BCUT2D eigenvalue weighted by molar-refractivity contribution is 0.650. The molecule has 0 aromatic heterocycles. The maximum absolute atomic E-state index is 5.14. The fourth-order valence-electron chi connectivity index (χ4n) is 1.52. The zero-order valence-corrected chi connectivity index (χ0v) is 11.8. The van der Waals surface area contributed by atoms with E-state index in [9.17, 15) is 0 Å². The van der Waals surface area contributed by atoms with Crippen LogP contribution in [0, 0.1) is 5.92 Å². The summed E-state index contributed by atoms with van der Waals surface area (Å²) < 4.78 is 0. The number of rotatable bonds is 6. The van der Waals surface area contributed by atoms with Crippen molar-refractivity contribution in [1.82, 2.24) is 10.7 Å². The molecule has 0 saturated heterocycles. The molecule has 0 saturated carbocycles. The minimum absolute atomic E-state index is 0.523. The maximum atomic E-state index is 5.14. The smallest absolute Gasteiger partial charge is 0.187 e. The van der Waals surface area contributed by atoms with Crippen LogP contribution in [0.2, 0.25) is 0 Å². The Bertz CT molecular complexity index is 372. The van der Waals surface area contributed by atoms with Crippen molar-refractivity contribution in [1.29, 1.82) is 0 Å². The Morgan fingerprint density at radius 3 is 2.56 bits per heavy atom. The van der Waals surface area contributed by atoms with Crippen molar-refractivity contribution in [3.63, 3.8) is 0 Å². The van der Waals surface area contributed by atoms with Crippen LogP contribution in [-0.2, 0) is 6.54 Å². The summed E-state index contributed by atoms with van der Waals surface area (Å²) in [5.41, 5.74) is 4.04. The molecule has 18 heavy (non-hydrogen) atoms. The first-order valence-corrected chi connectivity index (χ1v) is 6.78. The van der Waals surface area contributed by atoms with Gasteiger partial charge in [-0.15, -0.1) is 0 Å². The molecule has 1 aromatic rings. The quantitative estimate of drug-likeness (QED) is 0.470. The number of hydrogen-bond acceptors (Lipinski definition) is 2. The third-order valence-electron chi connectivity index (χ3n) is 2.80. The van der Waals surface area contributed by atoms with E-state index < -0.39 is 0 Å². The minimum Gasteiger partial charge on any atom is -0.357 e. The van der Waals surface area contributed by atoms with Crippen LogP contribution < -0.4 is 10.7 Å². The van der Waals surface area contributed by atoms with E-state index in [1.807, 2.05) is 24.4 Å². The Labute approximate surface area is 115 Å². The number of thiocarbonyl (C=S) groups is 1. The molecule has 4 heteroatoms. The van der Waals surface area contributed by atoms with Gasteiger partial charge in [0, 0.05) is 12.8 Å². The van der Waals surface area contributed by atoms with E-state index in [0.29, 0.717) is 17.6 Å². The van der Waals surface area contributed by atoms with Crippen LogP contribution in [0.1, 0.15) is 32.3 Å². The van der Waals surface area contributed by atoms with Gasteiger partial charge in [0.25, 0.3) is 0 Å². The molecule has 0 amide bonds. The predicted octanol–water partition coefficient (Wildman–Crippen LogP) is 3.07. The molecule has 0 spiro atoms. The van der Waals surface area contributed by atoms with Crippen LogP contribution in [0.4, 0.5) is 0 Å². The number of nitrogens with one attached hydrogen (secondary N) is 2. The van der Waals surface area contributed by atoms with Gasteiger partial charge in [-0.25, -0.2) is 0 Å². The SMILES string of the molecule is CCC(/C=N/NC(=S)NCc1ccccc1)CC. The van der Waals surface area contributed by atoms with Gasteiger partial charge in [-0.05, 0) is 36.5 Å². The molecular formula is C14H21N3S. The first kappa shape index (κ1) is 14.6. The standard InChI is InChI=1S/C14H21N3S/c1-3-12(4-2)11-16-17-14(18)15-10-13-8-6-5-7-9-13/h5-9,11-12H,3-4,10H2,1-2H3,(H2,15,17,18)/b16-11+. The average molecular weight is 263 g/mol. The molecule has 1 aromatic carbocycles. The van der Waals surface area contributed by atoms with Crippen molar-refractivity contribution in [3.05, 3.63) is 35.9 Å². The zero-order valence-electron chi connectivity index (χ0n) is 11.0. The van der Waals surface area contributed by atoms with Gasteiger partial charge in [0.1, 0.15) is 0 Å². The normalized spacial score (nSPS) is 10.8. The molecule has 0 unspecified atom stereocenters. The molecule has 2 N–H and O–H groups in total. The highest BCUT2D eigenvalue weighted by Crippen LogP contribution is 2.02. The third kappa shape index (κ3) is 5.77. The predicted molar refractivity (Wildman–Crippen MR) is 81.6 cm³/mol. The Morgan fingerprint density at radius 2 is 1.94 bits per heavy atom. The highest BCUT2D eigenvalue weighted by atomic mass is 32.1. The molecule has 0 atom stereocenters. The van der Waals surface area contributed by atoms with Gasteiger partial charge in [-0.2, -0.15) is 5.10 Å². The monoisotopic (exact) mass is 263 g/mol. The van der Waals surface area contributed by atoms with Gasteiger partial charge >= 0.3 is 0 Å². The number of hydrogen-bond donors (Lipinski definition) is 2. The molecule has 0 aliphatic heterocycles. The number of nitrogens with zero attached hydrogens (tertiary/aromatic N) is 1. The summed E-state index contributed by atoms with van der Waals surface area (Å²) in [4.78, 5) is 0. The molecule has 0 fully saturated rings. The van der Waals surface area contributed by atoms with E-state index in [0.717, 1.165) is 12.8 Å². The van der Waals surface area contributed by atoms with E-state index in [4.69, 9.17) is 12.2 Å². The van der Waals surface area contributed by atoms with Crippen LogP contribution >= 0.6 is 12.2 Å². The largest absolute Gasteiger partial charge is 0.357 e. The summed E-state index contributed by atoms with van der Waals surface area (Å²) >= 11 is 5.14. The van der Waals surface area contributed by atoms with Crippen LogP contribution in [0.25, 0.3) is 0 Å². The van der Waals surface area contributed by atoms with Crippen molar-refractivity contribution >= 4 is 23.5 Å². The molecule has 0 heterocycles. The summed E-state index contributed by atoms with van der Waals surface area (Å²) in [5, 5.41) is 7.82. The molecule has 0 bridgehead atoms. The van der Waals surface area contributed by atoms with Crippen molar-refractivity contribution in [2.24, 2.45) is 11.0 Å². The molecule has 0 aliphatic rings. The molecule has 0 aliphatic carbocycles. The first-order chi connectivity index (χ1) is 8.76. The van der Waals surface area contributed by atoms with E-state index >= 15 is 0 Å². The Hall–Kier alpha value is -1.42. The lowest BCUT2D eigenvalue weighted by Crippen LogP contribution is -2.31. The van der Waals surface area contributed by atoms with Crippen LogP contribution in [0.15, 0.2) is 35.4 Å². The molecule has 3 nitrogen and oxygen atoms in total. The van der Waals surface area contributed by atoms with Crippen molar-refractivity contribution in [2.75, 3.05) is 0 Å². The van der Waals surface area contributed by atoms with Gasteiger partial charge < -0.3 is 5.32 Å². The Balaban J connectivity index is 2.26. The van der Waals surface area contributed by atoms with Gasteiger partial charge in [0.15, 0.2) is 5.11 Å². The highest BCUT2D eigenvalue weighted by Gasteiger charge is 1.98. The van der Waals surface area contributed by atoms with E-state index in [1.54, 1.807) is 0 Å². The Kier molecular flexibility index (Phi) is 7.03. The lowest BCUT2D eigenvalue weighted by atomic mass is 10.1. The highest BCUT2D eigenvalue weighted by molar-refractivity contribution is 7.80. The Morgan fingerprint density at radius 1 is 1.28 bits per heavy atom. The van der Waals surface area contributed by atoms with Gasteiger partial charge in [0.05, 0.1) is 0 Å². The van der Waals surface area contributed by atoms with Gasteiger partial charge in [0.2, 0.25) is 0 Å². The van der Waals surface area contributed by atoms with E-state index in [1.165, 1.54) is 5.56 Å². The summed E-state index contributed by atoms with van der Waals surface area (Å²) in [6, 6.07) is 10.1. The van der Waals surface area contributed by atoms with Gasteiger partial charge in [-0.1, -0.05) is 44.2 Å². The van der Waals surface area contributed by atoms with Crippen molar-refractivity contribution < 1.29 is 0 Å².